The maximum atomic E-state index is 12.6. The minimum atomic E-state index is -0.427. The van der Waals surface area contributed by atoms with E-state index in [-0.39, 0.29) is 22.9 Å². The molecule has 6 atom stereocenters. The molecule has 0 aliphatic heterocycles. The van der Waals surface area contributed by atoms with Crippen molar-refractivity contribution in [3.8, 4) is 0 Å². The number of carbonyl (C=O) groups is 1. The molecule has 6 nitrogen and oxygen atoms in total. The predicted octanol–water partition coefficient (Wildman–Crippen LogP) is 1.02. The Morgan fingerprint density at radius 2 is 2.17 bits per heavy atom. The van der Waals surface area contributed by atoms with E-state index in [0.29, 0.717) is 36.2 Å². The molecule has 0 radical (unpaired) electrons. The van der Waals surface area contributed by atoms with E-state index in [1.165, 1.54) is 0 Å². The van der Waals surface area contributed by atoms with Crippen LogP contribution in [-0.4, -0.2) is 42.5 Å². The van der Waals surface area contributed by atoms with Gasteiger partial charge in [0.25, 0.3) is 5.91 Å². The van der Waals surface area contributed by atoms with Gasteiger partial charge in [0.15, 0.2) is 0 Å². The second-order valence-corrected chi connectivity index (χ2v) is 8.36. The smallest absolute Gasteiger partial charge is 0.258 e. The first-order chi connectivity index (χ1) is 11.4. The van der Waals surface area contributed by atoms with E-state index in [1.807, 2.05) is 13.8 Å². The Balaban J connectivity index is 1.43. The summed E-state index contributed by atoms with van der Waals surface area (Å²) in [6.07, 6.45) is 3.95. The summed E-state index contributed by atoms with van der Waals surface area (Å²) in [5.41, 5.74) is -0.0546. The average molecular weight is 333 g/mol. The van der Waals surface area contributed by atoms with Gasteiger partial charge in [-0.15, -0.1) is 0 Å². The van der Waals surface area contributed by atoms with Crippen LogP contribution in [0.25, 0.3) is 0 Å². The van der Waals surface area contributed by atoms with Gasteiger partial charge in [0.1, 0.15) is 5.57 Å². The van der Waals surface area contributed by atoms with Crippen LogP contribution in [0.2, 0.25) is 0 Å². The number of hydrogen-bond donors (Lipinski definition) is 4. The molecule has 0 saturated heterocycles. The van der Waals surface area contributed by atoms with Gasteiger partial charge >= 0.3 is 0 Å². The standard InChI is InChI=1S/C18H27N3O3/c1-9(2)8-24-16(20-3)11(7-19)15(22)21-14-12-4-10-5-17(23)6-13(14)18(10,12)17/h7,9-10,12-14,19-20,23H,4-6,8H2,1-3H3,(H,21,22)/b16-11-,19-7?/t10?,12?,13?,14-,17?,18?/m0/s1. The van der Waals surface area contributed by atoms with Crippen molar-refractivity contribution >= 4 is 12.1 Å². The van der Waals surface area contributed by atoms with Crippen molar-refractivity contribution in [3.63, 3.8) is 0 Å². The Hall–Kier alpha value is -1.56. The normalized spacial score (nSPS) is 44.4. The van der Waals surface area contributed by atoms with E-state index in [0.717, 1.165) is 25.5 Å². The molecule has 5 unspecified atom stereocenters. The van der Waals surface area contributed by atoms with Gasteiger partial charge in [-0.1, -0.05) is 13.8 Å². The molecule has 0 aromatic rings. The molecule has 0 heterocycles. The molecule has 4 aliphatic rings. The van der Waals surface area contributed by atoms with E-state index in [9.17, 15) is 9.90 Å². The number of ether oxygens (including phenoxy) is 1. The summed E-state index contributed by atoms with van der Waals surface area (Å²) in [5.74, 6) is 1.96. The minimum absolute atomic E-state index is 0.138. The van der Waals surface area contributed by atoms with E-state index < -0.39 is 5.60 Å². The number of rotatable bonds is 7. The van der Waals surface area contributed by atoms with Crippen molar-refractivity contribution in [2.75, 3.05) is 13.7 Å². The van der Waals surface area contributed by atoms with Crippen LogP contribution in [0.3, 0.4) is 0 Å². The quantitative estimate of drug-likeness (QED) is 0.318. The van der Waals surface area contributed by atoms with Crippen molar-refractivity contribution in [3.05, 3.63) is 11.5 Å². The van der Waals surface area contributed by atoms with Gasteiger partial charge < -0.3 is 25.9 Å². The van der Waals surface area contributed by atoms with Crippen LogP contribution in [0.4, 0.5) is 0 Å². The van der Waals surface area contributed by atoms with Crippen LogP contribution in [0.1, 0.15) is 33.1 Å². The highest BCUT2D eigenvalue weighted by Gasteiger charge is 2.91. The molecule has 4 N–H and O–H groups in total. The van der Waals surface area contributed by atoms with Crippen LogP contribution in [-0.2, 0) is 9.53 Å². The topological polar surface area (TPSA) is 94.4 Å². The molecular weight excluding hydrogens is 306 g/mol. The minimum Gasteiger partial charge on any atom is -0.478 e. The van der Waals surface area contributed by atoms with Gasteiger partial charge in [-0.25, -0.2) is 0 Å². The summed E-state index contributed by atoms with van der Waals surface area (Å²) < 4.78 is 5.64. The first-order valence-corrected chi connectivity index (χ1v) is 8.97. The fourth-order valence-corrected chi connectivity index (χ4v) is 6.08. The van der Waals surface area contributed by atoms with E-state index in [2.05, 4.69) is 10.6 Å². The molecule has 4 fully saturated rings. The Labute approximate surface area is 142 Å². The average Bonchev–Trinajstić information content (AvgIpc) is 2.49. The second-order valence-electron chi connectivity index (χ2n) is 8.36. The zero-order chi connectivity index (χ0) is 17.3. The van der Waals surface area contributed by atoms with Crippen molar-refractivity contribution < 1.29 is 14.6 Å². The molecule has 132 valence electrons. The molecule has 24 heavy (non-hydrogen) atoms. The van der Waals surface area contributed by atoms with Gasteiger partial charge in [-0.05, 0) is 42.9 Å². The largest absolute Gasteiger partial charge is 0.478 e. The fraction of sp³-hybridized carbons (Fsp3) is 0.778. The third-order valence-corrected chi connectivity index (χ3v) is 6.98. The Morgan fingerprint density at radius 1 is 1.42 bits per heavy atom. The fourth-order valence-electron chi connectivity index (χ4n) is 6.08. The summed E-state index contributed by atoms with van der Waals surface area (Å²) in [5, 5.41) is 24.1. The molecule has 4 aliphatic carbocycles. The highest BCUT2D eigenvalue weighted by molar-refractivity contribution is 6.11. The van der Waals surface area contributed by atoms with Crippen molar-refractivity contribution in [1.29, 1.82) is 5.41 Å². The van der Waals surface area contributed by atoms with Gasteiger partial charge in [0, 0.05) is 24.7 Å². The van der Waals surface area contributed by atoms with Gasteiger partial charge in [0.2, 0.25) is 5.88 Å². The molecule has 1 spiro atoms. The maximum absolute atomic E-state index is 12.6. The number of carbonyl (C=O) groups excluding carboxylic acids is 1. The first kappa shape index (κ1) is 15.9. The summed E-state index contributed by atoms with van der Waals surface area (Å²) in [6.45, 7) is 4.57. The summed E-state index contributed by atoms with van der Waals surface area (Å²) >= 11 is 0. The Kier molecular flexibility index (Phi) is 3.30. The number of nitrogens with one attached hydrogen (secondary N) is 3. The van der Waals surface area contributed by atoms with E-state index >= 15 is 0 Å². The lowest BCUT2D eigenvalue weighted by Crippen LogP contribution is -2.95. The zero-order valence-corrected chi connectivity index (χ0v) is 14.6. The van der Waals surface area contributed by atoms with Crippen molar-refractivity contribution in [2.45, 2.75) is 44.8 Å². The Bertz CT molecular complexity index is 623. The lowest BCUT2D eigenvalue weighted by atomic mass is 9.15. The SMILES string of the molecule is CN/C(OCC(C)C)=C(\C=N)C(=O)N[C@H]1C2CC3CC4(O)CC1C324. The lowest BCUT2D eigenvalue weighted by Gasteiger charge is -2.91. The molecule has 4 rings (SSSR count). The van der Waals surface area contributed by atoms with Crippen LogP contribution < -0.4 is 10.6 Å². The highest BCUT2D eigenvalue weighted by atomic mass is 16.5. The van der Waals surface area contributed by atoms with Crippen molar-refractivity contribution in [2.24, 2.45) is 29.1 Å². The van der Waals surface area contributed by atoms with Gasteiger partial charge in [0.05, 0.1) is 12.2 Å². The summed E-state index contributed by atoms with van der Waals surface area (Å²) in [4.78, 5) is 12.6. The first-order valence-electron chi connectivity index (χ1n) is 8.97. The van der Waals surface area contributed by atoms with Crippen LogP contribution >= 0.6 is 0 Å². The summed E-state index contributed by atoms with van der Waals surface area (Å²) in [6, 6.07) is 0.146. The third-order valence-electron chi connectivity index (χ3n) is 6.98. The molecule has 1 amide bonds. The lowest BCUT2D eigenvalue weighted by molar-refractivity contribution is -0.459. The molecule has 6 heteroatoms. The van der Waals surface area contributed by atoms with Crippen LogP contribution in [0.15, 0.2) is 11.5 Å². The molecule has 0 bridgehead atoms. The number of hydrogen-bond acceptors (Lipinski definition) is 5. The van der Waals surface area contributed by atoms with Crippen LogP contribution in [0, 0.1) is 34.5 Å². The second kappa shape index (κ2) is 4.97. The van der Waals surface area contributed by atoms with Gasteiger partial charge in [-0.3, -0.25) is 4.79 Å². The number of aliphatic hydroxyl groups is 1. The molecule has 0 aromatic heterocycles. The molecule has 4 saturated carbocycles. The molecular formula is C18H27N3O3. The predicted molar refractivity (Wildman–Crippen MR) is 89.3 cm³/mol. The van der Waals surface area contributed by atoms with Crippen molar-refractivity contribution in [1.82, 2.24) is 10.6 Å². The highest BCUT2D eigenvalue weighted by Crippen LogP contribution is 2.88. The Morgan fingerprint density at radius 3 is 2.67 bits per heavy atom. The number of amides is 1. The third kappa shape index (κ3) is 1.65. The van der Waals surface area contributed by atoms with Crippen LogP contribution in [0.5, 0.6) is 0 Å². The zero-order valence-electron chi connectivity index (χ0n) is 14.6. The van der Waals surface area contributed by atoms with E-state index in [1.54, 1.807) is 7.05 Å². The van der Waals surface area contributed by atoms with E-state index in [4.69, 9.17) is 10.1 Å². The maximum Gasteiger partial charge on any atom is 0.258 e. The molecule has 0 aromatic carbocycles. The summed E-state index contributed by atoms with van der Waals surface area (Å²) in [7, 11) is 1.70. The monoisotopic (exact) mass is 333 g/mol. The van der Waals surface area contributed by atoms with Gasteiger partial charge in [-0.2, -0.15) is 0 Å².